The van der Waals surface area contributed by atoms with Crippen LogP contribution < -0.4 is 5.43 Å². The molecule has 0 saturated carbocycles. The van der Waals surface area contributed by atoms with Crippen molar-refractivity contribution in [1.82, 2.24) is 19.9 Å². The summed E-state index contributed by atoms with van der Waals surface area (Å²) in [5, 5.41) is 0.183. The van der Waals surface area contributed by atoms with Crippen molar-refractivity contribution in [3.63, 3.8) is 0 Å². The van der Waals surface area contributed by atoms with Crippen molar-refractivity contribution < 1.29 is 8.81 Å². The zero-order valence-electron chi connectivity index (χ0n) is 14.4. The van der Waals surface area contributed by atoms with E-state index in [-0.39, 0.29) is 11.1 Å². The van der Waals surface area contributed by atoms with Crippen molar-refractivity contribution in [2.45, 2.75) is 0 Å². The number of rotatable bonds is 3. The zero-order chi connectivity index (χ0) is 19.1. The van der Waals surface area contributed by atoms with Gasteiger partial charge in [0.2, 0.25) is 11.2 Å². The average molecular weight is 372 g/mol. The van der Waals surface area contributed by atoms with E-state index in [1.165, 1.54) is 0 Å². The fourth-order valence-electron chi connectivity index (χ4n) is 3.15. The smallest absolute Gasteiger partial charge is 0.229 e. The van der Waals surface area contributed by atoms with Crippen molar-refractivity contribution in [2.24, 2.45) is 0 Å². The summed E-state index contributed by atoms with van der Waals surface area (Å²) in [5.74, 6) is -0.994. The standard InChI is InChI=1S/C21H13FN4O2/c22-19-20(27)15-7-14(17-9-24-11-26-17)5-6-18(15)28-21(19)13-3-1-12(2-4-13)16-8-23-10-25-16/h1-11H,(H,23,25)(H,24,26). The highest BCUT2D eigenvalue weighted by Gasteiger charge is 2.17. The van der Waals surface area contributed by atoms with Gasteiger partial charge < -0.3 is 14.4 Å². The Labute approximate surface area is 157 Å². The molecule has 28 heavy (non-hydrogen) atoms. The topological polar surface area (TPSA) is 87.6 Å². The van der Waals surface area contributed by atoms with Gasteiger partial charge in [-0.3, -0.25) is 4.79 Å². The molecule has 5 rings (SSSR count). The van der Waals surface area contributed by atoms with Gasteiger partial charge in [0, 0.05) is 11.1 Å². The summed E-state index contributed by atoms with van der Waals surface area (Å²) in [6.45, 7) is 0. The van der Waals surface area contributed by atoms with E-state index in [2.05, 4.69) is 19.9 Å². The van der Waals surface area contributed by atoms with Gasteiger partial charge in [-0.15, -0.1) is 0 Å². The molecule has 0 bridgehead atoms. The maximum absolute atomic E-state index is 14.8. The molecule has 0 radical (unpaired) electrons. The number of imidazole rings is 2. The molecule has 136 valence electrons. The summed E-state index contributed by atoms with van der Waals surface area (Å²) in [5.41, 5.74) is 3.32. The summed E-state index contributed by atoms with van der Waals surface area (Å²) in [4.78, 5) is 26.5. The Balaban J connectivity index is 1.61. The van der Waals surface area contributed by atoms with E-state index in [0.29, 0.717) is 11.1 Å². The second-order valence-electron chi connectivity index (χ2n) is 6.29. The van der Waals surface area contributed by atoms with E-state index in [4.69, 9.17) is 4.42 Å². The number of fused-ring (bicyclic) bond motifs is 1. The number of H-pyrrole nitrogens is 2. The molecule has 0 aliphatic carbocycles. The van der Waals surface area contributed by atoms with Gasteiger partial charge >= 0.3 is 0 Å². The minimum absolute atomic E-state index is 0.0806. The van der Waals surface area contributed by atoms with Crippen molar-refractivity contribution in [1.29, 1.82) is 0 Å². The van der Waals surface area contributed by atoms with Gasteiger partial charge in [-0.1, -0.05) is 24.3 Å². The lowest BCUT2D eigenvalue weighted by Gasteiger charge is -2.07. The fraction of sp³-hybridized carbons (Fsp3) is 0. The molecule has 0 amide bonds. The van der Waals surface area contributed by atoms with E-state index in [9.17, 15) is 9.18 Å². The summed E-state index contributed by atoms with van der Waals surface area (Å²) < 4.78 is 20.6. The second-order valence-corrected chi connectivity index (χ2v) is 6.29. The van der Waals surface area contributed by atoms with Crippen molar-refractivity contribution >= 4 is 11.0 Å². The molecule has 0 aliphatic heterocycles. The second kappa shape index (κ2) is 6.31. The first kappa shape index (κ1) is 16.2. The highest BCUT2D eigenvalue weighted by Crippen LogP contribution is 2.29. The van der Waals surface area contributed by atoms with Crippen LogP contribution in [0.1, 0.15) is 0 Å². The van der Waals surface area contributed by atoms with Crippen LogP contribution in [0.15, 0.2) is 76.7 Å². The van der Waals surface area contributed by atoms with Crippen LogP contribution in [0.3, 0.4) is 0 Å². The SMILES string of the molecule is O=c1c(F)c(-c2ccc(-c3cnc[nH]3)cc2)oc2ccc(-c3cnc[nH]3)cc12. The first-order valence-electron chi connectivity index (χ1n) is 8.55. The summed E-state index contributed by atoms with van der Waals surface area (Å²) in [6.07, 6.45) is 6.46. The molecule has 3 aromatic heterocycles. The van der Waals surface area contributed by atoms with E-state index in [1.807, 2.05) is 12.1 Å². The molecule has 0 atom stereocenters. The van der Waals surface area contributed by atoms with Gasteiger partial charge in [-0.25, -0.2) is 9.97 Å². The third-order valence-electron chi connectivity index (χ3n) is 4.60. The van der Waals surface area contributed by atoms with Gasteiger partial charge in [0.25, 0.3) is 0 Å². The third kappa shape index (κ3) is 2.61. The highest BCUT2D eigenvalue weighted by atomic mass is 19.1. The number of nitrogens with one attached hydrogen (secondary N) is 2. The predicted molar refractivity (Wildman–Crippen MR) is 103 cm³/mol. The number of benzene rings is 2. The summed E-state index contributed by atoms with van der Waals surface area (Å²) >= 11 is 0. The molecule has 0 spiro atoms. The molecule has 0 saturated heterocycles. The molecule has 5 aromatic rings. The molecule has 0 unspecified atom stereocenters. The van der Waals surface area contributed by atoms with Gasteiger partial charge in [-0.2, -0.15) is 4.39 Å². The number of hydrogen-bond acceptors (Lipinski definition) is 4. The fourth-order valence-corrected chi connectivity index (χ4v) is 3.15. The lowest BCUT2D eigenvalue weighted by Crippen LogP contribution is -2.08. The Morgan fingerprint density at radius 1 is 0.821 bits per heavy atom. The van der Waals surface area contributed by atoms with E-state index >= 15 is 0 Å². The molecule has 6 nitrogen and oxygen atoms in total. The molecule has 3 heterocycles. The van der Waals surface area contributed by atoms with Crippen LogP contribution in [-0.2, 0) is 0 Å². The normalized spacial score (nSPS) is 11.2. The van der Waals surface area contributed by atoms with Crippen LogP contribution in [0.25, 0.3) is 44.8 Å². The van der Waals surface area contributed by atoms with Crippen molar-refractivity contribution in [3.05, 3.63) is 83.6 Å². The minimum Gasteiger partial charge on any atom is -0.453 e. The Morgan fingerprint density at radius 3 is 2.07 bits per heavy atom. The first-order valence-corrected chi connectivity index (χ1v) is 8.55. The average Bonchev–Trinajstić information content (AvgIpc) is 3.45. The van der Waals surface area contributed by atoms with E-state index in [1.54, 1.807) is 55.4 Å². The number of halogens is 1. The maximum Gasteiger partial charge on any atom is 0.229 e. The number of aromatic nitrogens is 4. The van der Waals surface area contributed by atoms with Crippen molar-refractivity contribution in [3.8, 4) is 33.8 Å². The van der Waals surface area contributed by atoms with Crippen LogP contribution in [0.5, 0.6) is 0 Å². The monoisotopic (exact) mass is 372 g/mol. The third-order valence-corrected chi connectivity index (χ3v) is 4.60. The Bertz CT molecular complexity index is 1320. The number of hydrogen-bond donors (Lipinski definition) is 2. The Kier molecular flexibility index (Phi) is 3.65. The quantitative estimate of drug-likeness (QED) is 0.492. The summed E-state index contributed by atoms with van der Waals surface area (Å²) in [6, 6.07) is 12.1. The van der Waals surface area contributed by atoms with Gasteiger partial charge in [0.15, 0.2) is 5.76 Å². The van der Waals surface area contributed by atoms with Crippen LogP contribution in [0.4, 0.5) is 4.39 Å². The lowest BCUT2D eigenvalue weighted by atomic mass is 10.1. The van der Waals surface area contributed by atoms with Gasteiger partial charge in [0.05, 0.1) is 41.8 Å². The molecule has 2 aromatic carbocycles. The molecular formula is C21H13FN4O2. The molecular weight excluding hydrogens is 359 g/mol. The highest BCUT2D eigenvalue weighted by molar-refractivity contribution is 5.84. The molecule has 0 fully saturated rings. The van der Waals surface area contributed by atoms with E-state index in [0.717, 1.165) is 22.5 Å². The predicted octanol–water partition coefficient (Wildman–Crippen LogP) is 4.38. The van der Waals surface area contributed by atoms with Crippen LogP contribution in [0.2, 0.25) is 0 Å². The van der Waals surface area contributed by atoms with Crippen LogP contribution in [0, 0.1) is 5.82 Å². The van der Waals surface area contributed by atoms with Crippen molar-refractivity contribution in [2.75, 3.05) is 0 Å². The largest absolute Gasteiger partial charge is 0.453 e. The number of nitrogens with zero attached hydrogens (tertiary/aromatic N) is 2. The van der Waals surface area contributed by atoms with Crippen LogP contribution >= 0.6 is 0 Å². The van der Waals surface area contributed by atoms with Crippen LogP contribution in [-0.4, -0.2) is 19.9 Å². The Morgan fingerprint density at radius 2 is 1.43 bits per heavy atom. The lowest BCUT2D eigenvalue weighted by molar-refractivity contribution is 0.535. The number of aromatic amines is 2. The molecule has 0 aliphatic rings. The Hall–Kier alpha value is -4.00. The maximum atomic E-state index is 14.8. The first-order chi connectivity index (χ1) is 13.7. The summed E-state index contributed by atoms with van der Waals surface area (Å²) in [7, 11) is 0. The van der Waals surface area contributed by atoms with Gasteiger partial charge in [-0.05, 0) is 23.8 Å². The molecule has 2 N–H and O–H groups in total. The minimum atomic E-state index is -0.913. The van der Waals surface area contributed by atoms with E-state index < -0.39 is 11.2 Å². The zero-order valence-corrected chi connectivity index (χ0v) is 14.4. The molecule has 7 heteroatoms. The van der Waals surface area contributed by atoms with Gasteiger partial charge in [0.1, 0.15) is 5.58 Å².